The standard InChI is InChI=1S/C21H17Cl2NO4/c22-13-5-6-17(23)16(11-13)21(12-18(25)24-7-9-28-10-8-24)19(26)14-3-1-2-4-15(14)20(21)27/h1-6,11H,7-10,12H2. The van der Waals surface area contributed by atoms with Gasteiger partial charge in [-0.15, -0.1) is 0 Å². The Morgan fingerprint density at radius 3 is 2.21 bits per heavy atom. The van der Waals surface area contributed by atoms with E-state index in [1.54, 1.807) is 41.3 Å². The Kier molecular flexibility index (Phi) is 5.00. The monoisotopic (exact) mass is 417 g/mol. The van der Waals surface area contributed by atoms with Crippen LogP contribution in [0.2, 0.25) is 10.0 Å². The lowest BCUT2D eigenvalue weighted by atomic mass is 9.73. The number of carbonyl (C=O) groups is 3. The van der Waals surface area contributed by atoms with E-state index in [4.69, 9.17) is 27.9 Å². The number of benzene rings is 2. The van der Waals surface area contributed by atoms with Gasteiger partial charge in [-0.3, -0.25) is 14.4 Å². The number of ketones is 2. The minimum Gasteiger partial charge on any atom is -0.378 e. The second kappa shape index (κ2) is 7.32. The predicted molar refractivity (Wildman–Crippen MR) is 105 cm³/mol. The van der Waals surface area contributed by atoms with Crippen molar-refractivity contribution in [2.24, 2.45) is 0 Å². The van der Waals surface area contributed by atoms with E-state index in [1.165, 1.54) is 6.07 Å². The van der Waals surface area contributed by atoms with Crippen LogP contribution >= 0.6 is 23.2 Å². The van der Waals surface area contributed by atoms with Crippen molar-refractivity contribution in [3.8, 4) is 0 Å². The molecule has 1 aliphatic heterocycles. The molecule has 2 aromatic rings. The quantitative estimate of drug-likeness (QED) is 0.716. The first-order chi connectivity index (χ1) is 13.4. The first kappa shape index (κ1) is 19.1. The fraction of sp³-hybridized carbons (Fsp3) is 0.286. The van der Waals surface area contributed by atoms with Crippen molar-refractivity contribution < 1.29 is 19.1 Å². The van der Waals surface area contributed by atoms with Crippen LogP contribution in [0.4, 0.5) is 0 Å². The summed E-state index contributed by atoms with van der Waals surface area (Å²) in [5.41, 5.74) is -0.827. The molecule has 28 heavy (non-hydrogen) atoms. The highest BCUT2D eigenvalue weighted by Crippen LogP contribution is 2.45. The van der Waals surface area contributed by atoms with Crippen LogP contribution in [-0.2, 0) is 14.9 Å². The minimum absolute atomic E-state index is 0.230. The molecule has 7 heteroatoms. The molecule has 0 radical (unpaired) electrons. The molecule has 1 amide bonds. The van der Waals surface area contributed by atoms with E-state index in [1.807, 2.05) is 0 Å². The lowest BCUT2D eigenvalue weighted by Gasteiger charge is -2.32. The zero-order valence-electron chi connectivity index (χ0n) is 14.9. The molecule has 0 unspecified atom stereocenters. The van der Waals surface area contributed by atoms with Gasteiger partial charge in [0.15, 0.2) is 11.6 Å². The van der Waals surface area contributed by atoms with E-state index in [0.717, 1.165) is 0 Å². The van der Waals surface area contributed by atoms with Gasteiger partial charge in [-0.2, -0.15) is 0 Å². The molecule has 0 atom stereocenters. The molecule has 0 aromatic heterocycles. The largest absolute Gasteiger partial charge is 0.378 e. The van der Waals surface area contributed by atoms with Gasteiger partial charge in [0.2, 0.25) is 5.91 Å². The molecule has 4 rings (SSSR count). The van der Waals surface area contributed by atoms with Crippen LogP contribution in [0.25, 0.3) is 0 Å². The Bertz CT molecular complexity index is 947. The van der Waals surface area contributed by atoms with Crippen LogP contribution in [0.5, 0.6) is 0 Å². The van der Waals surface area contributed by atoms with Crippen LogP contribution in [0.15, 0.2) is 42.5 Å². The lowest BCUT2D eigenvalue weighted by Crippen LogP contribution is -2.47. The smallest absolute Gasteiger partial charge is 0.224 e. The third kappa shape index (κ3) is 2.94. The number of hydrogen-bond donors (Lipinski definition) is 0. The maximum Gasteiger partial charge on any atom is 0.224 e. The number of rotatable bonds is 3. The summed E-state index contributed by atoms with van der Waals surface area (Å²) in [5, 5.41) is 0.572. The number of amides is 1. The lowest BCUT2D eigenvalue weighted by molar-refractivity contribution is -0.136. The van der Waals surface area contributed by atoms with Crippen LogP contribution in [0, 0.1) is 0 Å². The van der Waals surface area contributed by atoms with Gasteiger partial charge in [0.25, 0.3) is 0 Å². The van der Waals surface area contributed by atoms with Gasteiger partial charge in [-0.05, 0) is 23.8 Å². The second-order valence-electron chi connectivity index (χ2n) is 6.90. The van der Waals surface area contributed by atoms with Gasteiger partial charge in [-0.1, -0.05) is 47.5 Å². The van der Waals surface area contributed by atoms with Gasteiger partial charge in [0.1, 0.15) is 5.41 Å². The summed E-state index contributed by atoms with van der Waals surface area (Å²) in [6.07, 6.45) is -0.292. The van der Waals surface area contributed by atoms with Crippen molar-refractivity contribution in [3.05, 3.63) is 69.2 Å². The third-order valence-electron chi connectivity index (χ3n) is 5.36. The fourth-order valence-electron chi connectivity index (χ4n) is 3.92. The highest BCUT2D eigenvalue weighted by molar-refractivity contribution is 6.38. The molecule has 2 aliphatic rings. The molecule has 5 nitrogen and oxygen atoms in total. The minimum atomic E-state index is -1.71. The number of nitrogens with zero attached hydrogens (tertiary/aromatic N) is 1. The molecule has 0 N–H and O–H groups in total. The normalized spacial score (nSPS) is 18.3. The summed E-state index contributed by atoms with van der Waals surface area (Å²) in [6.45, 7) is 1.71. The van der Waals surface area contributed by atoms with Crippen LogP contribution < -0.4 is 0 Å². The van der Waals surface area contributed by atoms with Gasteiger partial charge in [0.05, 0.1) is 19.6 Å². The van der Waals surface area contributed by atoms with Crippen molar-refractivity contribution >= 4 is 40.7 Å². The topological polar surface area (TPSA) is 63.7 Å². The molecular formula is C21H17Cl2NO4. The van der Waals surface area contributed by atoms with E-state index >= 15 is 0 Å². The van der Waals surface area contributed by atoms with Crippen LogP contribution in [0.1, 0.15) is 32.7 Å². The Balaban J connectivity index is 1.85. The van der Waals surface area contributed by atoms with Crippen molar-refractivity contribution in [1.29, 1.82) is 0 Å². The zero-order valence-corrected chi connectivity index (χ0v) is 16.4. The molecule has 1 heterocycles. The Morgan fingerprint density at radius 2 is 1.61 bits per heavy atom. The Morgan fingerprint density at radius 1 is 1.00 bits per heavy atom. The summed E-state index contributed by atoms with van der Waals surface area (Å²) in [5.74, 6) is -1.12. The molecule has 1 saturated heterocycles. The van der Waals surface area contributed by atoms with Crippen LogP contribution in [-0.4, -0.2) is 48.7 Å². The van der Waals surface area contributed by atoms with E-state index < -0.39 is 17.0 Å². The first-order valence-corrected chi connectivity index (χ1v) is 9.70. The first-order valence-electron chi connectivity index (χ1n) is 8.95. The van der Waals surface area contributed by atoms with Gasteiger partial charge >= 0.3 is 0 Å². The number of morpholine rings is 1. The molecule has 0 bridgehead atoms. The number of halogens is 2. The van der Waals surface area contributed by atoms with Crippen molar-refractivity contribution in [1.82, 2.24) is 4.90 Å². The number of ether oxygens (including phenoxy) is 1. The predicted octanol–water partition coefficient (Wildman–Crippen LogP) is 3.56. The van der Waals surface area contributed by atoms with E-state index in [9.17, 15) is 14.4 Å². The maximum atomic E-state index is 13.5. The van der Waals surface area contributed by atoms with E-state index in [-0.39, 0.29) is 22.9 Å². The van der Waals surface area contributed by atoms with E-state index in [2.05, 4.69) is 0 Å². The van der Waals surface area contributed by atoms with Crippen molar-refractivity contribution in [3.63, 3.8) is 0 Å². The SMILES string of the molecule is O=C(CC1(c2cc(Cl)ccc2Cl)C(=O)c2ccccc2C1=O)N1CCOCC1. The van der Waals surface area contributed by atoms with Gasteiger partial charge in [0, 0.05) is 34.3 Å². The summed E-state index contributed by atoms with van der Waals surface area (Å²) in [6, 6.07) is 11.3. The summed E-state index contributed by atoms with van der Waals surface area (Å²) in [4.78, 5) is 41.7. The molecule has 1 fully saturated rings. The van der Waals surface area contributed by atoms with Gasteiger partial charge in [-0.25, -0.2) is 0 Å². The Hall–Kier alpha value is -2.21. The average Bonchev–Trinajstić information content (AvgIpc) is 2.93. The number of Topliss-reactive ketones (excluding diaryl/α,β-unsaturated/α-hetero) is 2. The second-order valence-corrected chi connectivity index (χ2v) is 7.75. The Labute approximate surface area is 172 Å². The molecule has 144 valence electrons. The van der Waals surface area contributed by atoms with Crippen molar-refractivity contribution in [2.75, 3.05) is 26.3 Å². The molecule has 1 aliphatic carbocycles. The van der Waals surface area contributed by atoms with Crippen molar-refractivity contribution in [2.45, 2.75) is 11.8 Å². The van der Waals surface area contributed by atoms with Crippen LogP contribution in [0.3, 0.4) is 0 Å². The molecule has 0 saturated carbocycles. The number of fused-ring (bicyclic) bond motifs is 1. The molecule has 2 aromatic carbocycles. The maximum absolute atomic E-state index is 13.5. The van der Waals surface area contributed by atoms with E-state index in [0.29, 0.717) is 42.5 Å². The fourth-order valence-corrected chi connectivity index (χ4v) is 4.37. The third-order valence-corrected chi connectivity index (χ3v) is 5.92. The summed E-state index contributed by atoms with van der Waals surface area (Å²) < 4.78 is 5.29. The molecule has 0 spiro atoms. The summed E-state index contributed by atoms with van der Waals surface area (Å²) in [7, 11) is 0. The van der Waals surface area contributed by atoms with Gasteiger partial charge < -0.3 is 9.64 Å². The number of carbonyl (C=O) groups excluding carboxylic acids is 3. The highest BCUT2D eigenvalue weighted by atomic mass is 35.5. The summed E-state index contributed by atoms with van der Waals surface area (Å²) >= 11 is 12.6. The molecular weight excluding hydrogens is 401 g/mol. The highest BCUT2D eigenvalue weighted by Gasteiger charge is 2.56. The average molecular weight is 418 g/mol. The zero-order chi connectivity index (χ0) is 19.9. The number of hydrogen-bond acceptors (Lipinski definition) is 4.